The fourth-order valence-corrected chi connectivity index (χ4v) is 1.84. The van der Waals surface area contributed by atoms with Gasteiger partial charge in [0.2, 0.25) is 11.8 Å². The van der Waals surface area contributed by atoms with Crippen LogP contribution in [0.1, 0.15) is 19.3 Å². The molecule has 0 atom stereocenters. The Morgan fingerprint density at radius 2 is 1.14 bits per heavy atom. The van der Waals surface area contributed by atoms with Crippen molar-refractivity contribution in [2.24, 2.45) is 0 Å². The normalized spacial score (nSPS) is 10.6. The van der Waals surface area contributed by atoms with E-state index in [1.54, 1.807) is 7.11 Å². The second-order valence-electron chi connectivity index (χ2n) is 5.60. The van der Waals surface area contributed by atoms with Gasteiger partial charge in [-0.1, -0.05) is 0 Å². The zero-order valence-corrected chi connectivity index (χ0v) is 16.7. The van der Waals surface area contributed by atoms with Gasteiger partial charge < -0.3 is 39.1 Å². The molecule has 0 aliphatic heterocycles. The molecule has 0 bridgehead atoms. The van der Waals surface area contributed by atoms with Crippen LogP contribution in [0.15, 0.2) is 0 Å². The van der Waals surface area contributed by atoms with Crippen LogP contribution in [0.25, 0.3) is 0 Å². The third-order valence-corrected chi connectivity index (χ3v) is 3.28. The minimum Gasteiger partial charge on any atom is -0.382 e. The van der Waals surface area contributed by atoms with Crippen LogP contribution in [0, 0.1) is 0 Å². The Kier molecular flexibility index (Phi) is 20.5. The highest BCUT2D eigenvalue weighted by molar-refractivity contribution is 5.78. The van der Waals surface area contributed by atoms with Crippen molar-refractivity contribution in [3.05, 3.63) is 0 Å². The van der Waals surface area contributed by atoms with Crippen molar-refractivity contribution in [1.29, 1.82) is 0 Å². The molecule has 28 heavy (non-hydrogen) atoms. The number of hydrogen-bond donors (Lipinski definition) is 2. The van der Waals surface area contributed by atoms with Gasteiger partial charge in [-0.3, -0.25) is 9.59 Å². The molecular formula is C18H34N2O8. The molecule has 0 spiro atoms. The molecule has 0 aliphatic rings. The van der Waals surface area contributed by atoms with Crippen molar-refractivity contribution >= 4 is 18.1 Å². The number of methoxy groups -OCH3 is 1. The maximum absolute atomic E-state index is 11.5. The summed E-state index contributed by atoms with van der Waals surface area (Å²) in [4.78, 5) is 32.9. The summed E-state index contributed by atoms with van der Waals surface area (Å²) in [5.74, 6) is -0.240. The Hall–Kier alpha value is -1.59. The Morgan fingerprint density at radius 3 is 1.68 bits per heavy atom. The number of hydrogen-bond acceptors (Lipinski definition) is 8. The van der Waals surface area contributed by atoms with Crippen LogP contribution in [0.2, 0.25) is 0 Å². The van der Waals surface area contributed by atoms with Crippen LogP contribution < -0.4 is 10.6 Å². The standard InChI is InChI=1S/C18H34N2O8/c1-24-11-12-26-9-6-20-18(23)4-8-25-13-15-28-16-14-27-10-5-19-17(22)3-2-7-21/h7H,2-6,8-16H2,1H3,(H,19,22)(H,20,23). The van der Waals surface area contributed by atoms with Gasteiger partial charge in [-0.15, -0.1) is 0 Å². The molecule has 10 heteroatoms. The predicted molar refractivity (Wildman–Crippen MR) is 101 cm³/mol. The first-order valence-corrected chi connectivity index (χ1v) is 9.47. The molecule has 0 aromatic heterocycles. The lowest BCUT2D eigenvalue weighted by Gasteiger charge is -2.08. The summed E-state index contributed by atoms with van der Waals surface area (Å²) in [6.45, 7) is 4.76. The summed E-state index contributed by atoms with van der Waals surface area (Å²) in [5, 5.41) is 5.39. The molecule has 0 saturated carbocycles. The first-order chi connectivity index (χ1) is 13.7. The van der Waals surface area contributed by atoms with E-state index in [1.807, 2.05) is 0 Å². The molecule has 0 saturated heterocycles. The van der Waals surface area contributed by atoms with Crippen LogP contribution in [-0.4, -0.2) is 97.8 Å². The van der Waals surface area contributed by atoms with E-state index in [4.69, 9.17) is 23.7 Å². The molecule has 0 unspecified atom stereocenters. The Morgan fingerprint density at radius 1 is 0.679 bits per heavy atom. The van der Waals surface area contributed by atoms with Gasteiger partial charge in [0.25, 0.3) is 0 Å². The van der Waals surface area contributed by atoms with Gasteiger partial charge in [0.1, 0.15) is 6.29 Å². The zero-order valence-electron chi connectivity index (χ0n) is 16.7. The lowest BCUT2D eigenvalue weighted by Crippen LogP contribution is -2.28. The van der Waals surface area contributed by atoms with Crippen LogP contribution >= 0.6 is 0 Å². The highest BCUT2D eigenvalue weighted by atomic mass is 16.5. The lowest BCUT2D eigenvalue weighted by atomic mass is 10.3. The van der Waals surface area contributed by atoms with Crippen LogP contribution in [0.4, 0.5) is 0 Å². The van der Waals surface area contributed by atoms with Crippen molar-refractivity contribution in [2.45, 2.75) is 19.3 Å². The number of carbonyl (C=O) groups excluding carboxylic acids is 3. The molecule has 0 aromatic rings. The van der Waals surface area contributed by atoms with E-state index < -0.39 is 0 Å². The minimum absolute atomic E-state index is 0.0806. The average Bonchev–Trinajstić information content (AvgIpc) is 2.69. The second-order valence-corrected chi connectivity index (χ2v) is 5.60. The van der Waals surface area contributed by atoms with Crippen molar-refractivity contribution in [2.75, 3.05) is 79.7 Å². The van der Waals surface area contributed by atoms with Crippen LogP contribution in [0.5, 0.6) is 0 Å². The first-order valence-electron chi connectivity index (χ1n) is 9.47. The van der Waals surface area contributed by atoms with E-state index in [0.29, 0.717) is 85.3 Å². The van der Waals surface area contributed by atoms with Gasteiger partial charge in [-0.2, -0.15) is 0 Å². The molecule has 2 amide bonds. The van der Waals surface area contributed by atoms with E-state index in [9.17, 15) is 14.4 Å². The molecule has 164 valence electrons. The van der Waals surface area contributed by atoms with Crippen LogP contribution in [-0.2, 0) is 38.1 Å². The van der Waals surface area contributed by atoms with E-state index in [1.165, 1.54) is 0 Å². The minimum atomic E-state index is -0.159. The molecule has 0 fully saturated rings. The summed E-state index contributed by atoms with van der Waals surface area (Å²) in [6.07, 6.45) is 1.45. The Labute approximate surface area is 166 Å². The molecular weight excluding hydrogens is 372 g/mol. The lowest BCUT2D eigenvalue weighted by molar-refractivity contribution is -0.123. The van der Waals surface area contributed by atoms with Gasteiger partial charge in [0, 0.05) is 39.5 Å². The first kappa shape index (κ1) is 26.4. The third-order valence-electron chi connectivity index (χ3n) is 3.28. The van der Waals surface area contributed by atoms with E-state index in [-0.39, 0.29) is 24.7 Å². The largest absolute Gasteiger partial charge is 0.382 e. The van der Waals surface area contributed by atoms with E-state index in [0.717, 1.165) is 0 Å². The maximum Gasteiger partial charge on any atom is 0.222 e. The second kappa shape index (κ2) is 21.7. The van der Waals surface area contributed by atoms with Gasteiger partial charge in [0.15, 0.2) is 0 Å². The molecule has 2 N–H and O–H groups in total. The van der Waals surface area contributed by atoms with Crippen molar-refractivity contribution in [3.63, 3.8) is 0 Å². The maximum atomic E-state index is 11.5. The molecule has 0 radical (unpaired) electrons. The number of carbonyl (C=O) groups is 3. The summed E-state index contributed by atoms with van der Waals surface area (Å²) in [6, 6.07) is 0. The highest BCUT2D eigenvalue weighted by Gasteiger charge is 2.01. The molecule has 0 aliphatic carbocycles. The monoisotopic (exact) mass is 406 g/mol. The number of aldehydes is 1. The summed E-state index contributed by atoms with van der Waals surface area (Å²) < 4.78 is 26.0. The molecule has 0 aromatic carbocycles. The molecule has 0 rings (SSSR count). The third kappa shape index (κ3) is 20.7. The quantitative estimate of drug-likeness (QED) is 0.190. The van der Waals surface area contributed by atoms with Crippen LogP contribution in [0.3, 0.4) is 0 Å². The fourth-order valence-electron chi connectivity index (χ4n) is 1.84. The van der Waals surface area contributed by atoms with Crippen molar-refractivity contribution < 1.29 is 38.1 Å². The number of ether oxygens (including phenoxy) is 5. The zero-order chi connectivity index (χ0) is 20.7. The summed E-state index contributed by atoms with van der Waals surface area (Å²) in [5.41, 5.74) is 0. The summed E-state index contributed by atoms with van der Waals surface area (Å²) >= 11 is 0. The highest BCUT2D eigenvalue weighted by Crippen LogP contribution is 1.86. The van der Waals surface area contributed by atoms with Gasteiger partial charge in [-0.05, 0) is 0 Å². The number of rotatable bonds is 21. The number of nitrogens with one attached hydrogen (secondary N) is 2. The Balaban J connectivity index is 3.19. The number of amides is 2. The van der Waals surface area contributed by atoms with Gasteiger partial charge in [0.05, 0.1) is 59.5 Å². The van der Waals surface area contributed by atoms with Crippen molar-refractivity contribution in [3.8, 4) is 0 Å². The van der Waals surface area contributed by atoms with E-state index in [2.05, 4.69) is 10.6 Å². The van der Waals surface area contributed by atoms with E-state index >= 15 is 0 Å². The Bertz CT molecular complexity index is 396. The van der Waals surface area contributed by atoms with Gasteiger partial charge >= 0.3 is 0 Å². The van der Waals surface area contributed by atoms with Crippen molar-refractivity contribution in [1.82, 2.24) is 10.6 Å². The molecule has 10 nitrogen and oxygen atoms in total. The topological polar surface area (TPSA) is 121 Å². The fraction of sp³-hybridized carbons (Fsp3) is 0.833. The average molecular weight is 406 g/mol. The SMILES string of the molecule is COCCOCCNC(=O)CCOCCOCCOCCNC(=O)CCC=O. The smallest absolute Gasteiger partial charge is 0.222 e. The molecule has 0 heterocycles. The summed E-state index contributed by atoms with van der Waals surface area (Å²) in [7, 11) is 1.61. The predicted octanol–water partition coefficient (Wildman–Crippen LogP) is -0.699. The van der Waals surface area contributed by atoms with Gasteiger partial charge in [-0.25, -0.2) is 0 Å².